The van der Waals surface area contributed by atoms with Gasteiger partial charge in [-0.25, -0.2) is 14.5 Å². The first-order chi connectivity index (χ1) is 20.5. The molecule has 0 bridgehead atoms. The SMILES string of the molecule is Cc1cc(NC(=O)C(=O)N2C[C@@H](C)CC[C@@H]2c2ccc(-c3ccnn3C3CCCCO3)s2)cnc1NC(=O)OC(C)(C)C. The average molecular weight is 609 g/mol. The molecule has 2 fully saturated rings. The van der Waals surface area contributed by atoms with Gasteiger partial charge in [0.05, 0.1) is 28.5 Å². The maximum Gasteiger partial charge on any atom is 0.413 e. The van der Waals surface area contributed by atoms with Crippen molar-refractivity contribution in [1.82, 2.24) is 19.7 Å². The van der Waals surface area contributed by atoms with Crippen LogP contribution >= 0.6 is 11.3 Å². The molecule has 5 heterocycles. The number of nitrogens with zero attached hydrogens (tertiary/aromatic N) is 4. The zero-order chi connectivity index (χ0) is 30.7. The molecule has 0 aromatic carbocycles. The van der Waals surface area contributed by atoms with Gasteiger partial charge >= 0.3 is 17.9 Å². The minimum atomic E-state index is -0.725. The van der Waals surface area contributed by atoms with Crippen LogP contribution in [0.15, 0.2) is 36.7 Å². The number of hydrogen-bond acceptors (Lipinski definition) is 8. The summed E-state index contributed by atoms with van der Waals surface area (Å²) in [6.45, 7) is 10.4. The zero-order valence-electron chi connectivity index (χ0n) is 25.4. The third kappa shape index (κ3) is 7.42. The first-order valence-corrected chi connectivity index (χ1v) is 15.6. The van der Waals surface area contributed by atoms with E-state index in [2.05, 4.69) is 39.8 Å². The van der Waals surface area contributed by atoms with E-state index in [0.29, 0.717) is 23.6 Å². The second-order valence-corrected chi connectivity index (χ2v) is 13.4. The van der Waals surface area contributed by atoms with Crippen LogP contribution in [0, 0.1) is 12.8 Å². The molecule has 43 heavy (non-hydrogen) atoms. The molecule has 230 valence electrons. The molecule has 5 rings (SSSR count). The van der Waals surface area contributed by atoms with Gasteiger partial charge in [-0.2, -0.15) is 5.10 Å². The van der Waals surface area contributed by atoms with E-state index < -0.39 is 23.5 Å². The molecule has 3 atom stereocenters. The van der Waals surface area contributed by atoms with Crippen molar-refractivity contribution in [3.05, 3.63) is 47.1 Å². The van der Waals surface area contributed by atoms with Crippen LogP contribution in [0.5, 0.6) is 0 Å². The van der Waals surface area contributed by atoms with E-state index >= 15 is 0 Å². The number of likely N-dealkylation sites (tertiary alicyclic amines) is 1. The van der Waals surface area contributed by atoms with E-state index in [0.717, 1.165) is 54.2 Å². The topological polar surface area (TPSA) is 128 Å². The number of hydrogen-bond donors (Lipinski definition) is 2. The number of pyridine rings is 1. The molecule has 3 aromatic heterocycles. The number of carbonyl (C=O) groups is 3. The second-order valence-electron chi connectivity index (χ2n) is 12.3. The van der Waals surface area contributed by atoms with Crippen LogP contribution in [-0.2, 0) is 19.1 Å². The van der Waals surface area contributed by atoms with E-state index in [1.807, 2.05) is 10.7 Å². The fourth-order valence-corrected chi connectivity index (χ4v) is 6.66. The quantitative estimate of drug-likeness (QED) is 0.326. The first-order valence-electron chi connectivity index (χ1n) is 14.8. The van der Waals surface area contributed by atoms with Crippen LogP contribution in [0.2, 0.25) is 0 Å². The number of nitrogens with one attached hydrogen (secondary N) is 2. The third-order valence-electron chi connectivity index (χ3n) is 7.53. The highest BCUT2D eigenvalue weighted by Gasteiger charge is 2.35. The summed E-state index contributed by atoms with van der Waals surface area (Å²) >= 11 is 1.63. The molecule has 2 aliphatic rings. The highest BCUT2D eigenvalue weighted by atomic mass is 32.1. The summed E-state index contributed by atoms with van der Waals surface area (Å²) < 4.78 is 13.2. The minimum Gasteiger partial charge on any atom is -0.444 e. The summed E-state index contributed by atoms with van der Waals surface area (Å²) in [7, 11) is 0. The fourth-order valence-electron chi connectivity index (χ4n) is 5.49. The van der Waals surface area contributed by atoms with Crippen LogP contribution in [0.1, 0.15) is 82.5 Å². The molecule has 0 spiro atoms. The van der Waals surface area contributed by atoms with Crippen molar-refractivity contribution in [2.24, 2.45) is 5.92 Å². The summed E-state index contributed by atoms with van der Waals surface area (Å²) in [5.41, 5.74) is 1.33. The lowest BCUT2D eigenvalue weighted by Crippen LogP contribution is -2.46. The number of aryl methyl sites for hydroxylation is 1. The van der Waals surface area contributed by atoms with Gasteiger partial charge in [0.25, 0.3) is 0 Å². The van der Waals surface area contributed by atoms with E-state index in [1.54, 1.807) is 56.2 Å². The van der Waals surface area contributed by atoms with Crippen LogP contribution in [0.3, 0.4) is 0 Å². The molecule has 2 saturated heterocycles. The summed E-state index contributed by atoms with van der Waals surface area (Å²) in [6.07, 6.45) is 7.37. The maximum atomic E-state index is 13.6. The van der Waals surface area contributed by atoms with Crippen LogP contribution < -0.4 is 10.6 Å². The molecule has 2 N–H and O–H groups in total. The Morgan fingerprint density at radius 3 is 2.63 bits per heavy atom. The Morgan fingerprint density at radius 1 is 1.09 bits per heavy atom. The largest absolute Gasteiger partial charge is 0.444 e. The molecule has 0 aliphatic carbocycles. The minimum absolute atomic E-state index is 0.0677. The number of ether oxygens (including phenoxy) is 2. The third-order valence-corrected chi connectivity index (χ3v) is 8.74. The van der Waals surface area contributed by atoms with Gasteiger partial charge < -0.3 is 19.7 Å². The van der Waals surface area contributed by atoms with Crippen molar-refractivity contribution in [3.8, 4) is 10.6 Å². The van der Waals surface area contributed by atoms with Crippen molar-refractivity contribution in [2.45, 2.75) is 84.6 Å². The molecule has 3 amide bonds. The van der Waals surface area contributed by atoms with Gasteiger partial charge in [0, 0.05) is 24.2 Å². The average Bonchev–Trinajstić information content (AvgIpc) is 3.64. The molecule has 3 aromatic rings. The lowest BCUT2D eigenvalue weighted by Gasteiger charge is -2.37. The van der Waals surface area contributed by atoms with Crippen LogP contribution in [-0.4, -0.2) is 56.3 Å². The Hall–Kier alpha value is -3.77. The van der Waals surface area contributed by atoms with Crippen LogP contribution in [0.25, 0.3) is 10.6 Å². The number of aromatic nitrogens is 3. The second kappa shape index (κ2) is 12.8. The van der Waals surface area contributed by atoms with Gasteiger partial charge in [-0.1, -0.05) is 6.92 Å². The van der Waals surface area contributed by atoms with Crippen molar-refractivity contribution in [1.29, 1.82) is 0 Å². The molecule has 11 nitrogen and oxygen atoms in total. The molecule has 0 saturated carbocycles. The van der Waals surface area contributed by atoms with Crippen molar-refractivity contribution >= 4 is 40.7 Å². The van der Waals surface area contributed by atoms with E-state index in [-0.39, 0.29) is 18.2 Å². The van der Waals surface area contributed by atoms with E-state index in [1.165, 1.54) is 6.20 Å². The molecular weight excluding hydrogens is 568 g/mol. The van der Waals surface area contributed by atoms with Gasteiger partial charge in [0.15, 0.2) is 6.23 Å². The maximum absolute atomic E-state index is 13.6. The Labute approximate surface area is 256 Å². The van der Waals surface area contributed by atoms with Gasteiger partial charge in [0.2, 0.25) is 0 Å². The molecular formula is C31H40N6O5S. The number of carbonyl (C=O) groups excluding carboxylic acids is 3. The molecule has 12 heteroatoms. The Morgan fingerprint density at radius 2 is 1.91 bits per heavy atom. The van der Waals surface area contributed by atoms with Gasteiger partial charge in [0.1, 0.15) is 11.4 Å². The molecule has 0 radical (unpaired) electrons. The van der Waals surface area contributed by atoms with Crippen molar-refractivity contribution in [3.63, 3.8) is 0 Å². The highest BCUT2D eigenvalue weighted by Crippen LogP contribution is 2.40. The van der Waals surface area contributed by atoms with Crippen LogP contribution in [0.4, 0.5) is 16.3 Å². The predicted octanol–water partition coefficient (Wildman–Crippen LogP) is 6.30. The van der Waals surface area contributed by atoms with Gasteiger partial charge in [-0.3, -0.25) is 14.9 Å². The standard InChI is InChI=1S/C31H40N6O5S/c1-19-9-10-22(24-11-12-25(43-24)23-13-14-33-37(23)26-8-6-7-15-41-26)36(18-19)29(39)28(38)34-21-16-20(2)27(32-17-21)35-30(40)42-31(3,4)5/h11-14,16-17,19,22,26H,6-10,15,18H2,1-5H3,(H,34,38)(H,32,35,40)/t19-,22+,26?/m0/s1. The number of anilines is 2. The van der Waals surface area contributed by atoms with Crippen molar-refractivity contribution < 1.29 is 23.9 Å². The summed E-state index contributed by atoms with van der Waals surface area (Å²) in [5, 5.41) is 9.85. The Balaban J connectivity index is 1.28. The lowest BCUT2D eigenvalue weighted by atomic mass is 9.93. The lowest BCUT2D eigenvalue weighted by molar-refractivity contribution is -0.146. The first kappa shape index (κ1) is 30.7. The van der Waals surface area contributed by atoms with Crippen molar-refractivity contribution in [2.75, 3.05) is 23.8 Å². The monoisotopic (exact) mass is 608 g/mol. The summed E-state index contributed by atoms with van der Waals surface area (Å²) in [4.78, 5) is 46.9. The molecule has 1 unspecified atom stereocenters. The number of piperidine rings is 1. The number of rotatable bonds is 5. The number of thiophene rings is 1. The van der Waals surface area contributed by atoms with Gasteiger partial charge in [-0.15, -0.1) is 11.3 Å². The number of amides is 3. The summed E-state index contributed by atoms with van der Waals surface area (Å²) in [5.74, 6) is -0.717. The summed E-state index contributed by atoms with van der Waals surface area (Å²) in [6, 6.07) is 7.58. The smallest absolute Gasteiger partial charge is 0.413 e. The van der Waals surface area contributed by atoms with Gasteiger partial charge in [-0.05, 0) is 95.5 Å². The zero-order valence-corrected chi connectivity index (χ0v) is 26.2. The normalized spacial score (nSPS) is 20.9. The Bertz CT molecular complexity index is 1470. The molecule has 2 aliphatic heterocycles. The predicted molar refractivity (Wildman–Crippen MR) is 165 cm³/mol. The van der Waals surface area contributed by atoms with E-state index in [9.17, 15) is 14.4 Å². The van der Waals surface area contributed by atoms with E-state index in [4.69, 9.17) is 9.47 Å². The highest BCUT2D eigenvalue weighted by molar-refractivity contribution is 7.15. The Kier molecular flexibility index (Phi) is 9.16. The fraction of sp³-hybridized carbons (Fsp3) is 0.516.